The first-order chi connectivity index (χ1) is 22.9. The standard InChI is InChI=1S/C20H26O6.C15H12O7/c1-25-19-9-13(3-5-17(19)23)7-15(11-21)16(12-22)8-14-4-6-18(24)20(10-14)26-2;16-7-4-10(19)12-11(5-7)22-15(14(21)13(12)20)6-1-2-8(17)9(18)3-6/h3-6,9-10,15-16,21-24H,7-8,11-12H2,1-2H3;1-5,14-19,21H/t15-,16-;14-,15+/m01/s1. The number of phenolic OH excluding ortho intramolecular Hbond substituents is 6. The van der Waals surface area contributed by atoms with Crippen molar-refractivity contribution in [3.05, 3.63) is 89.0 Å². The molecule has 4 atom stereocenters. The summed E-state index contributed by atoms with van der Waals surface area (Å²) in [6.07, 6.45) is -1.68. The van der Waals surface area contributed by atoms with Crippen molar-refractivity contribution in [2.45, 2.75) is 25.0 Å². The van der Waals surface area contributed by atoms with Gasteiger partial charge in [-0.2, -0.15) is 0 Å². The van der Waals surface area contributed by atoms with Gasteiger partial charge < -0.3 is 60.2 Å². The molecule has 256 valence electrons. The van der Waals surface area contributed by atoms with Crippen molar-refractivity contribution >= 4 is 5.78 Å². The fraction of sp³-hybridized carbons (Fsp3) is 0.286. The van der Waals surface area contributed by atoms with Crippen LogP contribution in [0.15, 0.2) is 66.7 Å². The predicted molar refractivity (Wildman–Crippen MR) is 171 cm³/mol. The Labute approximate surface area is 275 Å². The fourth-order valence-corrected chi connectivity index (χ4v) is 5.45. The molecule has 1 aliphatic rings. The molecule has 0 amide bonds. The third-order valence-corrected chi connectivity index (χ3v) is 8.07. The minimum absolute atomic E-state index is 0.0618. The third kappa shape index (κ3) is 7.94. The summed E-state index contributed by atoms with van der Waals surface area (Å²) >= 11 is 0. The SMILES string of the molecule is COc1cc(C[C@@H](CO)[C@H](CO)Cc2ccc(O)c(OC)c2)ccc1O.O=C1c2c(O)cc(O)cc2O[C@@H](c2ccc(O)c(O)c2)[C@@H]1O. The Morgan fingerprint density at radius 1 is 0.667 bits per heavy atom. The van der Waals surface area contributed by atoms with E-state index < -0.39 is 29.5 Å². The summed E-state index contributed by atoms with van der Waals surface area (Å²) in [5.74, 6) is -1.88. The first-order valence-electron chi connectivity index (χ1n) is 14.8. The summed E-state index contributed by atoms with van der Waals surface area (Å²) < 4.78 is 15.7. The van der Waals surface area contributed by atoms with Gasteiger partial charge in [-0.25, -0.2) is 0 Å². The number of methoxy groups -OCH3 is 2. The first-order valence-corrected chi connectivity index (χ1v) is 14.8. The minimum Gasteiger partial charge on any atom is -0.508 e. The van der Waals surface area contributed by atoms with Crippen molar-refractivity contribution in [3.63, 3.8) is 0 Å². The van der Waals surface area contributed by atoms with Crippen LogP contribution in [0.25, 0.3) is 0 Å². The number of benzene rings is 4. The molecule has 1 aliphatic heterocycles. The van der Waals surface area contributed by atoms with Crippen molar-refractivity contribution in [3.8, 4) is 51.7 Å². The quantitative estimate of drug-likeness (QED) is 0.111. The number of aliphatic hydroxyl groups excluding tert-OH is 3. The van der Waals surface area contributed by atoms with E-state index in [1.54, 1.807) is 36.4 Å². The zero-order chi connectivity index (χ0) is 35.1. The topological polar surface area (TPSA) is 227 Å². The number of hydrogen-bond acceptors (Lipinski definition) is 13. The summed E-state index contributed by atoms with van der Waals surface area (Å²) in [7, 11) is 2.97. The number of aliphatic hydroxyl groups is 3. The van der Waals surface area contributed by atoms with E-state index in [0.717, 1.165) is 29.3 Å². The molecule has 0 radical (unpaired) electrons. The molecule has 1 heterocycles. The summed E-state index contributed by atoms with van der Waals surface area (Å²) in [5.41, 5.74) is 1.84. The van der Waals surface area contributed by atoms with E-state index >= 15 is 0 Å². The maximum atomic E-state index is 12.2. The molecule has 0 saturated carbocycles. The highest BCUT2D eigenvalue weighted by Gasteiger charge is 2.39. The van der Waals surface area contributed by atoms with Crippen LogP contribution in [0.4, 0.5) is 0 Å². The number of ketones is 1. The van der Waals surface area contributed by atoms with Gasteiger partial charge in [0, 0.05) is 25.3 Å². The van der Waals surface area contributed by atoms with Gasteiger partial charge in [0.2, 0.25) is 5.78 Å². The molecule has 48 heavy (non-hydrogen) atoms. The lowest BCUT2D eigenvalue weighted by Crippen LogP contribution is -2.36. The Morgan fingerprint density at radius 2 is 1.19 bits per heavy atom. The molecule has 0 aliphatic carbocycles. The lowest BCUT2D eigenvalue weighted by atomic mass is 9.83. The van der Waals surface area contributed by atoms with Gasteiger partial charge in [0.1, 0.15) is 22.8 Å². The highest BCUT2D eigenvalue weighted by Crippen LogP contribution is 2.43. The van der Waals surface area contributed by atoms with Gasteiger partial charge >= 0.3 is 0 Å². The van der Waals surface area contributed by atoms with Crippen LogP contribution in [0.2, 0.25) is 0 Å². The van der Waals surface area contributed by atoms with Crippen LogP contribution in [0.1, 0.15) is 33.2 Å². The Balaban J connectivity index is 0.000000219. The fourth-order valence-electron chi connectivity index (χ4n) is 5.45. The number of hydrogen-bond donors (Lipinski definition) is 9. The number of ether oxygens (including phenoxy) is 3. The van der Waals surface area contributed by atoms with Gasteiger partial charge in [0.05, 0.1) is 14.2 Å². The van der Waals surface area contributed by atoms with Crippen molar-refractivity contribution in [2.75, 3.05) is 27.4 Å². The Bertz CT molecular complexity index is 1680. The number of carbonyl (C=O) groups excluding carboxylic acids is 1. The van der Waals surface area contributed by atoms with E-state index in [1.165, 1.54) is 26.4 Å². The molecule has 0 unspecified atom stereocenters. The molecule has 9 N–H and O–H groups in total. The molecule has 5 rings (SSSR count). The molecule has 0 bridgehead atoms. The molecule has 0 fully saturated rings. The van der Waals surface area contributed by atoms with Crippen LogP contribution in [-0.2, 0) is 12.8 Å². The van der Waals surface area contributed by atoms with E-state index in [0.29, 0.717) is 24.3 Å². The number of rotatable bonds is 10. The Hall–Kier alpha value is -5.37. The van der Waals surface area contributed by atoms with Gasteiger partial charge in [-0.05, 0) is 77.8 Å². The number of aromatic hydroxyl groups is 6. The zero-order valence-electron chi connectivity index (χ0n) is 26.1. The number of carbonyl (C=O) groups is 1. The third-order valence-electron chi connectivity index (χ3n) is 8.07. The number of Topliss-reactive ketones (excluding diaryl/α,β-unsaturated/α-hetero) is 1. The van der Waals surface area contributed by atoms with Crippen LogP contribution in [0, 0.1) is 11.8 Å². The van der Waals surface area contributed by atoms with Crippen molar-refractivity contribution in [1.29, 1.82) is 0 Å². The normalized spacial score (nSPS) is 16.5. The van der Waals surface area contributed by atoms with Crippen LogP contribution in [0.3, 0.4) is 0 Å². The minimum atomic E-state index is -1.60. The zero-order valence-corrected chi connectivity index (χ0v) is 26.1. The monoisotopic (exact) mass is 666 g/mol. The van der Waals surface area contributed by atoms with Crippen molar-refractivity contribution in [2.24, 2.45) is 11.8 Å². The molecule has 13 heteroatoms. The second kappa shape index (κ2) is 15.5. The van der Waals surface area contributed by atoms with E-state index in [9.17, 15) is 50.8 Å². The van der Waals surface area contributed by atoms with Gasteiger partial charge in [0.15, 0.2) is 46.7 Å². The van der Waals surface area contributed by atoms with Crippen LogP contribution in [0.5, 0.6) is 51.7 Å². The van der Waals surface area contributed by atoms with Crippen molar-refractivity contribution < 1.29 is 65.0 Å². The summed E-state index contributed by atoms with van der Waals surface area (Å²) in [6.45, 7) is -0.159. The molecule has 0 aromatic heterocycles. The average molecular weight is 667 g/mol. The summed E-state index contributed by atoms with van der Waals surface area (Å²) in [5, 5.41) is 87.2. The van der Waals surface area contributed by atoms with E-state index in [4.69, 9.17) is 14.2 Å². The molecule has 0 spiro atoms. The van der Waals surface area contributed by atoms with Crippen molar-refractivity contribution in [1.82, 2.24) is 0 Å². The second-order valence-corrected chi connectivity index (χ2v) is 11.2. The molecule has 13 nitrogen and oxygen atoms in total. The van der Waals surface area contributed by atoms with Crippen LogP contribution >= 0.6 is 0 Å². The summed E-state index contributed by atoms with van der Waals surface area (Å²) in [6, 6.07) is 16.0. The van der Waals surface area contributed by atoms with Crippen LogP contribution < -0.4 is 14.2 Å². The summed E-state index contributed by atoms with van der Waals surface area (Å²) in [4.78, 5) is 12.2. The Kier molecular flexibility index (Phi) is 11.4. The van der Waals surface area contributed by atoms with Crippen LogP contribution in [-0.4, -0.2) is 85.3 Å². The molecular formula is C35H38O13. The van der Waals surface area contributed by atoms with E-state index in [2.05, 4.69) is 0 Å². The van der Waals surface area contributed by atoms with Gasteiger partial charge in [-0.3, -0.25) is 4.79 Å². The first kappa shape index (κ1) is 35.5. The smallest absolute Gasteiger partial charge is 0.202 e. The average Bonchev–Trinajstić information content (AvgIpc) is 3.07. The van der Waals surface area contributed by atoms with Gasteiger partial charge in [0.25, 0.3) is 0 Å². The molecule has 0 saturated heterocycles. The lowest BCUT2D eigenvalue weighted by molar-refractivity contribution is 0.0210. The largest absolute Gasteiger partial charge is 0.508 e. The Morgan fingerprint density at radius 3 is 1.67 bits per heavy atom. The molecule has 4 aromatic rings. The molecule has 4 aromatic carbocycles. The number of fused-ring (bicyclic) bond motifs is 1. The highest BCUT2D eigenvalue weighted by molar-refractivity contribution is 6.05. The maximum Gasteiger partial charge on any atom is 0.202 e. The van der Waals surface area contributed by atoms with E-state index in [1.807, 2.05) is 0 Å². The molecular weight excluding hydrogens is 628 g/mol. The van der Waals surface area contributed by atoms with Gasteiger partial charge in [-0.1, -0.05) is 18.2 Å². The predicted octanol–water partition coefficient (Wildman–Crippen LogP) is 3.30. The number of phenols is 6. The van der Waals surface area contributed by atoms with E-state index in [-0.39, 0.29) is 64.9 Å². The highest BCUT2D eigenvalue weighted by atomic mass is 16.5. The maximum absolute atomic E-state index is 12.2. The lowest BCUT2D eigenvalue weighted by Gasteiger charge is -2.30. The second-order valence-electron chi connectivity index (χ2n) is 11.2. The van der Waals surface area contributed by atoms with Gasteiger partial charge in [-0.15, -0.1) is 0 Å².